The maximum atomic E-state index is 12.6. The molecule has 0 saturated carbocycles. The van der Waals surface area contributed by atoms with Gasteiger partial charge in [0.1, 0.15) is 0 Å². The molecule has 0 atom stereocenters. The largest absolute Gasteiger partial charge is 0.329 e. The molecule has 0 spiro atoms. The second-order valence-corrected chi connectivity index (χ2v) is 8.31. The van der Waals surface area contributed by atoms with Crippen LogP contribution in [0.15, 0.2) is 41.5 Å². The van der Waals surface area contributed by atoms with E-state index >= 15 is 0 Å². The Bertz CT molecular complexity index is 677. The van der Waals surface area contributed by atoms with Crippen LogP contribution in [0.3, 0.4) is 0 Å². The van der Waals surface area contributed by atoms with Crippen molar-refractivity contribution in [3.8, 4) is 0 Å². The van der Waals surface area contributed by atoms with Gasteiger partial charge in [-0.05, 0) is 48.8 Å². The molecule has 1 aromatic rings. The molecule has 2 nitrogen and oxygen atoms in total. The first-order valence-corrected chi connectivity index (χ1v) is 8.91. The van der Waals surface area contributed by atoms with Crippen LogP contribution in [0, 0.1) is 10.8 Å². The third kappa shape index (κ3) is 4.05. The van der Waals surface area contributed by atoms with Crippen LogP contribution in [-0.2, 0) is 0 Å². The highest BCUT2D eigenvalue weighted by atomic mass is 16.1. The lowest BCUT2D eigenvalue weighted by atomic mass is 9.72. The van der Waals surface area contributed by atoms with Crippen molar-refractivity contribution in [3.05, 3.63) is 52.6 Å². The van der Waals surface area contributed by atoms with E-state index in [-0.39, 0.29) is 11.2 Å². The Labute approximate surface area is 146 Å². The van der Waals surface area contributed by atoms with Crippen LogP contribution in [0.25, 0.3) is 6.08 Å². The summed E-state index contributed by atoms with van der Waals surface area (Å²) in [5.41, 5.74) is 10.2. The highest BCUT2D eigenvalue weighted by Crippen LogP contribution is 2.41. The number of hydrogen-bond acceptors (Lipinski definition) is 2. The molecular weight excluding hydrogens is 294 g/mol. The molecule has 2 rings (SSSR count). The van der Waals surface area contributed by atoms with E-state index in [1.807, 2.05) is 32.0 Å². The quantitative estimate of drug-likeness (QED) is 0.737. The summed E-state index contributed by atoms with van der Waals surface area (Å²) in [6.45, 7) is 11.0. The van der Waals surface area contributed by atoms with Crippen molar-refractivity contribution in [2.24, 2.45) is 16.6 Å². The number of rotatable bonds is 5. The van der Waals surface area contributed by atoms with Gasteiger partial charge in [-0.15, -0.1) is 0 Å². The van der Waals surface area contributed by atoms with Crippen molar-refractivity contribution in [2.75, 3.05) is 6.54 Å². The van der Waals surface area contributed by atoms with Gasteiger partial charge in [0.25, 0.3) is 0 Å². The van der Waals surface area contributed by atoms with Gasteiger partial charge in [0.2, 0.25) is 0 Å². The van der Waals surface area contributed by atoms with Crippen molar-refractivity contribution in [1.82, 2.24) is 0 Å². The Kier molecular flexibility index (Phi) is 5.49. The van der Waals surface area contributed by atoms with E-state index in [4.69, 9.17) is 5.73 Å². The van der Waals surface area contributed by atoms with Crippen LogP contribution < -0.4 is 5.73 Å². The standard InChI is InChI=1S/C22H31NO/c1-16-8-7-13-21(2,3)19(16)12-11-17-9-6-10-18(14-17)20(24)22(4,5)15-23/h6,9-12,14H,7-8,13,15,23H2,1-5H3. The predicted molar refractivity (Wildman–Crippen MR) is 103 cm³/mol. The zero-order chi connectivity index (χ0) is 18.0. The first-order chi connectivity index (χ1) is 11.2. The third-order valence-corrected chi connectivity index (χ3v) is 5.26. The lowest BCUT2D eigenvalue weighted by Gasteiger charge is -2.32. The van der Waals surface area contributed by atoms with Crippen LogP contribution in [0.2, 0.25) is 0 Å². The highest BCUT2D eigenvalue weighted by Gasteiger charge is 2.27. The number of nitrogens with two attached hydrogens (primary N) is 1. The normalized spacial score (nSPS) is 18.2. The van der Waals surface area contributed by atoms with Crippen molar-refractivity contribution >= 4 is 11.9 Å². The minimum Gasteiger partial charge on any atom is -0.329 e. The molecule has 0 radical (unpaired) electrons. The molecule has 1 aliphatic carbocycles. The summed E-state index contributed by atoms with van der Waals surface area (Å²) in [6.07, 6.45) is 8.07. The molecule has 0 aliphatic heterocycles. The molecule has 0 heterocycles. The monoisotopic (exact) mass is 325 g/mol. The summed E-state index contributed by atoms with van der Waals surface area (Å²) in [6, 6.07) is 7.86. The van der Waals surface area contributed by atoms with E-state index in [0.717, 1.165) is 11.1 Å². The van der Waals surface area contributed by atoms with E-state index < -0.39 is 5.41 Å². The maximum Gasteiger partial charge on any atom is 0.169 e. The van der Waals surface area contributed by atoms with Crippen molar-refractivity contribution in [2.45, 2.75) is 53.9 Å². The molecule has 0 aromatic heterocycles. The lowest BCUT2D eigenvalue weighted by molar-refractivity contribution is 0.0847. The summed E-state index contributed by atoms with van der Waals surface area (Å²) in [5, 5.41) is 0. The minimum atomic E-state index is -0.521. The Morgan fingerprint density at radius 3 is 2.62 bits per heavy atom. The molecule has 24 heavy (non-hydrogen) atoms. The predicted octanol–water partition coefficient (Wildman–Crippen LogP) is 5.39. The third-order valence-electron chi connectivity index (χ3n) is 5.26. The first-order valence-electron chi connectivity index (χ1n) is 8.91. The van der Waals surface area contributed by atoms with Gasteiger partial charge in [0, 0.05) is 17.5 Å². The number of Topliss-reactive ketones (excluding diaryl/α,β-unsaturated/α-hetero) is 1. The molecule has 2 N–H and O–H groups in total. The second-order valence-electron chi connectivity index (χ2n) is 8.31. The zero-order valence-corrected chi connectivity index (χ0v) is 15.8. The summed E-state index contributed by atoms with van der Waals surface area (Å²) < 4.78 is 0. The molecular formula is C22H31NO. The van der Waals surface area contributed by atoms with E-state index in [1.165, 1.54) is 30.4 Å². The van der Waals surface area contributed by atoms with E-state index in [1.54, 1.807) is 0 Å². The first kappa shape index (κ1) is 18.7. The zero-order valence-electron chi connectivity index (χ0n) is 15.8. The summed E-state index contributed by atoms with van der Waals surface area (Å²) in [4.78, 5) is 12.6. The van der Waals surface area contributed by atoms with Gasteiger partial charge in [-0.25, -0.2) is 0 Å². The fraction of sp³-hybridized carbons (Fsp3) is 0.500. The second kappa shape index (κ2) is 7.06. The van der Waals surface area contributed by atoms with Crippen molar-refractivity contribution < 1.29 is 4.79 Å². The molecule has 130 valence electrons. The van der Waals surface area contributed by atoms with Crippen LogP contribution >= 0.6 is 0 Å². The van der Waals surface area contributed by atoms with Gasteiger partial charge in [0.05, 0.1) is 0 Å². The van der Waals surface area contributed by atoms with Crippen LogP contribution in [-0.4, -0.2) is 12.3 Å². The van der Waals surface area contributed by atoms with Gasteiger partial charge < -0.3 is 5.73 Å². The van der Waals surface area contributed by atoms with E-state index in [9.17, 15) is 4.79 Å². The maximum absolute atomic E-state index is 12.6. The summed E-state index contributed by atoms with van der Waals surface area (Å²) in [7, 11) is 0. The molecule has 1 aromatic carbocycles. The summed E-state index contributed by atoms with van der Waals surface area (Å²) >= 11 is 0. The lowest BCUT2D eigenvalue weighted by Crippen LogP contribution is -2.32. The number of carbonyl (C=O) groups is 1. The summed E-state index contributed by atoms with van der Waals surface area (Å²) in [5.74, 6) is 0.105. The number of hydrogen-bond donors (Lipinski definition) is 1. The average molecular weight is 325 g/mol. The van der Waals surface area contributed by atoms with Gasteiger partial charge >= 0.3 is 0 Å². The SMILES string of the molecule is CC1=C(C=Cc2cccc(C(=O)C(C)(C)CN)c2)C(C)(C)CCC1. The average Bonchev–Trinajstić information content (AvgIpc) is 2.53. The molecule has 1 aliphatic rings. The van der Waals surface area contributed by atoms with Crippen molar-refractivity contribution in [1.29, 1.82) is 0 Å². The van der Waals surface area contributed by atoms with Crippen LogP contribution in [0.5, 0.6) is 0 Å². The van der Waals surface area contributed by atoms with Crippen molar-refractivity contribution in [3.63, 3.8) is 0 Å². The van der Waals surface area contributed by atoms with Gasteiger partial charge in [-0.2, -0.15) is 0 Å². The fourth-order valence-corrected chi connectivity index (χ4v) is 3.46. The van der Waals surface area contributed by atoms with E-state index in [2.05, 4.69) is 39.0 Å². The Balaban J connectivity index is 2.29. The fourth-order valence-electron chi connectivity index (χ4n) is 3.46. The topological polar surface area (TPSA) is 43.1 Å². The highest BCUT2D eigenvalue weighted by molar-refractivity contribution is 6.00. The molecule has 0 unspecified atom stereocenters. The number of ketones is 1. The molecule has 0 fully saturated rings. The number of allylic oxidation sites excluding steroid dienone is 3. The van der Waals surface area contributed by atoms with E-state index in [0.29, 0.717) is 6.54 Å². The van der Waals surface area contributed by atoms with Crippen LogP contribution in [0.1, 0.15) is 69.8 Å². The number of benzene rings is 1. The molecule has 0 amide bonds. The number of carbonyl (C=O) groups excluding carboxylic acids is 1. The Hall–Kier alpha value is -1.67. The Morgan fingerprint density at radius 2 is 2.00 bits per heavy atom. The van der Waals surface area contributed by atoms with Gasteiger partial charge in [0.15, 0.2) is 5.78 Å². The van der Waals surface area contributed by atoms with Gasteiger partial charge in [-0.1, -0.05) is 63.6 Å². The molecule has 0 bridgehead atoms. The minimum absolute atomic E-state index is 0.105. The Morgan fingerprint density at radius 1 is 1.29 bits per heavy atom. The van der Waals surface area contributed by atoms with Gasteiger partial charge in [-0.3, -0.25) is 4.79 Å². The smallest absolute Gasteiger partial charge is 0.169 e. The van der Waals surface area contributed by atoms with Crippen LogP contribution in [0.4, 0.5) is 0 Å². The molecule has 2 heteroatoms. The molecule has 0 saturated heterocycles.